The van der Waals surface area contributed by atoms with Crippen LogP contribution in [-0.4, -0.2) is 25.3 Å². The number of benzene rings is 1. The third-order valence-corrected chi connectivity index (χ3v) is 6.10. The number of aryl methyl sites for hydroxylation is 1. The molecule has 0 aliphatic carbocycles. The Morgan fingerprint density at radius 3 is 2.74 bits per heavy atom. The second-order valence-electron chi connectivity index (χ2n) is 4.96. The van der Waals surface area contributed by atoms with Crippen molar-refractivity contribution in [1.29, 1.82) is 0 Å². The van der Waals surface area contributed by atoms with Crippen LogP contribution in [0.15, 0.2) is 17.0 Å². The zero-order valence-corrected chi connectivity index (χ0v) is 12.8. The molecular weight excluding hydrogens is 284 g/mol. The van der Waals surface area contributed by atoms with Crippen LogP contribution >= 0.6 is 11.6 Å². The first-order valence-corrected chi connectivity index (χ1v) is 8.27. The van der Waals surface area contributed by atoms with Gasteiger partial charge in [0.05, 0.1) is 15.6 Å². The summed E-state index contributed by atoms with van der Waals surface area (Å²) in [5, 5.41) is 0.424. The molecule has 106 valence electrons. The van der Waals surface area contributed by atoms with Crippen molar-refractivity contribution in [3.63, 3.8) is 0 Å². The summed E-state index contributed by atoms with van der Waals surface area (Å²) >= 11 is 5.98. The number of anilines is 1. The summed E-state index contributed by atoms with van der Waals surface area (Å²) < 4.78 is 26.9. The maximum absolute atomic E-state index is 12.6. The van der Waals surface area contributed by atoms with Crippen molar-refractivity contribution in [2.75, 3.05) is 12.3 Å². The van der Waals surface area contributed by atoms with Crippen LogP contribution in [0.4, 0.5) is 5.69 Å². The van der Waals surface area contributed by atoms with Gasteiger partial charge in [-0.05, 0) is 43.9 Å². The molecule has 0 aromatic heterocycles. The minimum absolute atomic E-state index is 0.0993. The van der Waals surface area contributed by atoms with E-state index in [1.807, 2.05) is 6.92 Å². The first-order chi connectivity index (χ1) is 8.87. The molecule has 1 heterocycles. The van der Waals surface area contributed by atoms with Gasteiger partial charge in [0, 0.05) is 12.6 Å². The van der Waals surface area contributed by atoms with E-state index in [1.54, 1.807) is 17.3 Å². The summed E-state index contributed by atoms with van der Waals surface area (Å²) in [6.45, 7) is 4.36. The van der Waals surface area contributed by atoms with Gasteiger partial charge in [-0.2, -0.15) is 4.31 Å². The molecule has 1 saturated heterocycles. The van der Waals surface area contributed by atoms with Gasteiger partial charge in [0.15, 0.2) is 0 Å². The van der Waals surface area contributed by atoms with E-state index in [4.69, 9.17) is 17.3 Å². The number of nitrogen functional groups attached to an aromatic ring is 1. The summed E-state index contributed by atoms with van der Waals surface area (Å²) in [4.78, 5) is 0.243. The lowest BCUT2D eigenvalue weighted by Gasteiger charge is -2.23. The van der Waals surface area contributed by atoms with Crippen molar-refractivity contribution >= 4 is 27.3 Å². The lowest BCUT2D eigenvalue weighted by atomic mass is 10.2. The molecule has 0 amide bonds. The number of nitrogens with two attached hydrogens (primary N) is 1. The van der Waals surface area contributed by atoms with E-state index in [1.165, 1.54) is 6.07 Å². The predicted molar refractivity (Wildman–Crippen MR) is 77.8 cm³/mol. The van der Waals surface area contributed by atoms with Crippen molar-refractivity contribution in [3.05, 3.63) is 22.7 Å². The van der Waals surface area contributed by atoms with Crippen LogP contribution in [0.5, 0.6) is 0 Å². The number of nitrogens with zero attached hydrogens (tertiary/aromatic N) is 1. The molecule has 0 saturated carbocycles. The van der Waals surface area contributed by atoms with Crippen molar-refractivity contribution in [3.8, 4) is 0 Å². The van der Waals surface area contributed by atoms with E-state index < -0.39 is 10.0 Å². The number of sulfonamides is 1. The summed E-state index contributed by atoms with van der Waals surface area (Å²) in [6.07, 6.45) is 2.68. The lowest BCUT2D eigenvalue weighted by Crippen LogP contribution is -2.35. The summed E-state index contributed by atoms with van der Waals surface area (Å²) in [7, 11) is -3.47. The minimum Gasteiger partial charge on any atom is -0.397 e. The van der Waals surface area contributed by atoms with E-state index in [2.05, 4.69) is 0 Å². The Morgan fingerprint density at radius 1 is 1.47 bits per heavy atom. The van der Waals surface area contributed by atoms with Gasteiger partial charge < -0.3 is 5.73 Å². The van der Waals surface area contributed by atoms with Gasteiger partial charge in [-0.25, -0.2) is 8.42 Å². The summed E-state index contributed by atoms with van der Waals surface area (Å²) in [5.74, 6) is 0. The van der Waals surface area contributed by atoms with Crippen LogP contribution in [0.25, 0.3) is 0 Å². The fourth-order valence-electron chi connectivity index (χ4n) is 2.58. The van der Waals surface area contributed by atoms with Crippen molar-refractivity contribution < 1.29 is 8.42 Å². The monoisotopic (exact) mass is 302 g/mol. The summed E-state index contributed by atoms with van der Waals surface area (Å²) in [5.41, 5.74) is 6.77. The lowest BCUT2D eigenvalue weighted by molar-refractivity contribution is 0.379. The fourth-order valence-corrected chi connectivity index (χ4v) is 4.58. The normalized spacial score (nSPS) is 20.9. The molecular formula is C13H19ClN2O2S. The third-order valence-electron chi connectivity index (χ3n) is 3.66. The molecule has 1 aliphatic heterocycles. The van der Waals surface area contributed by atoms with Gasteiger partial charge in [0.1, 0.15) is 0 Å². The zero-order chi connectivity index (χ0) is 14.2. The molecule has 6 heteroatoms. The Morgan fingerprint density at radius 2 is 2.16 bits per heavy atom. The van der Waals surface area contributed by atoms with Gasteiger partial charge in [-0.15, -0.1) is 0 Å². The van der Waals surface area contributed by atoms with Crippen LogP contribution in [0.3, 0.4) is 0 Å². The maximum atomic E-state index is 12.6. The molecule has 19 heavy (non-hydrogen) atoms. The Balaban J connectivity index is 2.45. The largest absolute Gasteiger partial charge is 0.397 e. The average Bonchev–Trinajstić information content (AvgIpc) is 2.84. The average molecular weight is 303 g/mol. The van der Waals surface area contributed by atoms with Crippen LogP contribution in [0, 0.1) is 6.92 Å². The fraction of sp³-hybridized carbons (Fsp3) is 0.538. The van der Waals surface area contributed by atoms with E-state index >= 15 is 0 Å². The second kappa shape index (κ2) is 5.31. The third kappa shape index (κ3) is 2.59. The second-order valence-corrected chi connectivity index (χ2v) is 7.23. The minimum atomic E-state index is -3.47. The quantitative estimate of drug-likeness (QED) is 0.873. The molecule has 2 N–H and O–H groups in total. The number of rotatable bonds is 3. The molecule has 0 radical (unpaired) electrons. The van der Waals surface area contributed by atoms with Crippen molar-refractivity contribution in [2.24, 2.45) is 0 Å². The highest BCUT2D eigenvalue weighted by molar-refractivity contribution is 7.89. The number of hydrogen-bond donors (Lipinski definition) is 1. The van der Waals surface area contributed by atoms with Crippen LogP contribution < -0.4 is 5.73 Å². The Labute approximate surface area is 119 Å². The molecule has 1 aliphatic rings. The van der Waals surface area contributed by atoms with Crippen LogP contribution in [0.1, 0.15) is 31.7 Å². The summed E-state index contributed by atoms with van der Waals surface area (Å²) in [6, 6.07) is 3.15. The first kappa shape index (κ1) is 14.6. The van der Waals surface area contributed by atoms with E-state index in [9.17, 15) is 8.42 Å². The maximum Gasteiger partial charge on any atom is 0.243 e. The highest BCUT2D eigenvalue weighted by Gasteiger charge is 2.34. The molecule has 1 aromatic carbocycles. The molecule has 0 spiro atoms. The van der Waals surface area contributed by atoms with Crippen molar-refractivity contribution in [2.45, 2.75) is 44.0 Å². The molecule has 1 atom stereocenters. The number of halogens is 1. The van der Waals surface area contributed by atoms with Crippen molar-refractivity contribution in [1.82, 2.24) is 4.31 Å². The smallest absolute Gasteiger partial charge is 0.243 e. The molecule has 2 rings (SSSR count). The van der Waals surface area contributed by atoms with E-state index in [0.717, 1.165) is 19.3 Å². The SMILES string of the molecule is CCC1CCCN1S(=O)(=O)c1cc(C)c(Cl)c(N)c1. The Hall–Kier alpha value is -0.780. The zero-order valence-electron chi connectivity index (χ0n) is 11.2. The van der Waals surface area contributed by atoms with Crippen LogP contribution in [0.2, 0.25) is 5.02 Å². The number of hydrogen-bond acceptors (Lipinski definition) is 3. The van der Waals surface area contributed by atoms with Gasteiger partial charge >= 0.3 is 0 Å². The van der Waals surface area contributed by atoms with Gasteiger partial charge in [0.25, 0.3) is 0 Å². The molecule has 1 unspecified atom stereocenters. The molecule has 1 aromatic rings. The van der Waals surface area contributed by atoms with E-state index in [0.29, 0.717) is 22.8 Å². The van der Waals surface area contributed by atoms with Gasteiger partial charge in [-0.3, -0.25) is 0 Å². The highest BCUT2D eigenvalue weighted by atomic mass is 35.5. The topological polar surface area (TPSA) is 63.4 Å². The van der Waals surface area contributed by atoms with Gasteiger partial charge in [0.2, 0.25) is 10.0 Å². The van der Waals surface area contributed by atoms with E-state index in [-0.39, 0.29) is 10.9 Å². The Kier molecular flexibility index (Phi) is 4.08. The van der Waals surface area contributed by atoms with Gasteiger partial charge in [-0.1, -0.05) is 18.5 Å². The molecule has 4 nitrogen and oxygen atoms in total. The standard InChI is InChI=1S/C13H19ClN2O2S/c1-3-10-5-4-6-16(10)19(17,18)11-7-9(2)13(14)12(15)8-11/h7-8,10H,3-6,15H2,1-2H3. The Bertz CT molecular complexity index is 563. The predicted octanol–water partition coefficient (Wildman–Crippen LogP) is 2.79. The van der Waals surface area contributed by atoms with Crippen LogP contribution in [-0.2, 0) is 10.0 Å². The molecule has 1 fully saturated rings. The highest BCUT2D eigenvalue weighted by Crippen LogP contribution is 2.32. The molecule has 0 bridgehead atoms. The first-order valence-electron chi connectivity index (χ1n) is 6.45.